The van der Waals surface area contributed by atoms with Crippen LogP contribution in [0.5, 0.6) is 0 Å². The summed E-state index contributed by atoms with van der Waals surface area (Å²) in [6.45, 7) is 9.15. The molecular weight excluding hydrogens is 410 g/mol. The summed E-state index contributed by atoms with van der Waals surface area (Å²) in [4.78, 5) is 0. The molecule has 1 heterocycles. The smallest absolute Gasteiger partial charge is 0.102 e. The number of aliphatic hydroxyl groups excluding tert-OH is 1. The fraction of sp³-hybridized carbons (Fsp3) is 0.857. The third-order valence-electron chi connectivity index (χ3n) is 11.1. The predicted molar refractivity (Wildman–Crippen MR) is 128 cm³/mol. The lowest BCUT2D eigenvalue weighted by Gasteiger charge is -2.63. The fourth-order valence-corrected chi connectivity index (χ4v) is 9.78. The van der Waals surface area contributed by atoms with E-state index in [2.05, 4.69) is 31.9 Å². The van der Waals surface area contributed by atoms with Crippen molar-refractivity contribution < 1.29 is 9.84 Å². The van der Waals surface area contributed by atoms with Crippen molar-refractivity contribution in [3.8, 4) is 6.07 Å². The Balaban J connectivity index is 1.34. The van der Waals surface area contributed by atoms with Gasteiger partial charge in [0, 0.05) is 26.5 Å². The molecule has 0 spiro atoms. The first-order valence-electron chi connectivity index (χ1n) is 13.4. The van der Waals surface area contributed by atoms with Crippen LogP contribution in [0.1, 0.15) is 77.7 Å². The molecule has 0 amide bonds. The van der Waals surface area contributed by atoms with E-state index in [-0.39, 0.29) is 11.5 Å². The Bertz CT molecular complexity index is 892. The highest BCUT2D eigenvalue weighted by atomic mass is 16.5. The second-order valence-electron chi connectivity index (χ2n) is 12.7. The van der Waals surface area contributed by atoms with Crippen LogP contribution in [-0.2, 0) is 11.3 Å². The minimum atomic E-state index is -0.175. The monoisotopic (exact) mass is 453 g/mol. The van der Waals surface area contributed by atoms with Gasteiger partial charge in [0.05, 0.1) is 17.9 Å². The normalized spacial score (nSPS) is 45.5. The summed E-state index contributed by atoms with van der Waals surface area (Å²) in [5.41, 5.74) is 1.14. The summed E-state index contributed by atoms with van der Waals surface area (Å²) >= 11 is 0. The van der Waals surface area contributed by atoms with Gasteiger partial charge in [-0.3, -0.25) is 4.68 Å². The number of fused-ring (bicyclic) bond motifs is 5. The number of aromatic nitrogens is 2. The van der Waals surface area contributed by atoms with Gasteiger partial charge in [-0.2, -0.15) is 10.4 Å². The van der Waals surface area contributed by atoms with Crippen LogP contribution in [0.25, 0.3) is 0 Å². The van der Waals surface area contributed by atoms with Crippen molar-refractivity contribution in [2.24, 2.45) is 52.3 Å². The number of aliphatic hydroxyl groups is 1. The van der Waals surface area contributed by atoms with Crippen LogP contribution in [0.15, 0.2) is 12.4 Å². The molecule has 33 heavy (non-hydrogen) atoms. The molecule has 1 N–H and O–H groups in total. The van der Waals surface area contributed by atoms with Gasteiger partial charge in [-0.1, -0.05) is 20.8 Å². The lowest BCUT2D eigenvalue weighted by molar-refractivity contribution is -0.177. The molecule has 0 radical (unpaired) electrons. The molecule has 1 aromatic heterocycles. The molecule has 0 aromatic carbocycles. The lowest BCUT2D eigenvalue weighted by Crippen LogP contribution is -2.59. The molecule has 5 rings (SSSR count). The predicted octanol–water partition coefficient (Wildman–Crippen LogP) is 5.28. The molecule has 0 saturated heterocycles. The van der Waals surface area contributed by atoms with E-state index >= 15 is 0 Å². The van der Waals surface area contributed by atoms with Crippen molar-refractivity contribution in [2.45, 2.75) is 84.8 Å². The van der Waals surface area contributed by atoms with E-state index in [0.717, 1.165) is 31.4 Å². The molecule has 182 valence electrons. The van der Waals surface area contributed by atoms with E-state index in [1.54, 1.807) is 6.20 Å². The average Bonchev–Trinajstić information content (AvgIpc) is 3.37. The number of nitrogens with zero attached hydrogens (tertiary/aromatic N) is 3. The van der Waals surface area contributed by atoms with E-state index in [4.69, 9.17) is 10.00 Å². The lowest BCUT2D eigenvalue weighted by atomic mass is 9.43. The zero-order valence-corrected chi connectivity index (χ0v) is 21.0. The van der Waals surface area contributed by atoms with Gasteiger partial charge >= 0.3 is 0 Å². The van der Waals surface area contributed by atoms with Crippen molar-refractivity contribution in [1.82, 2.24) is 9.78 Å². The minimum absolute atomic E-state index is 0.175. The first kappa shape index (κ1) is 23.4. The van der Waals surface area contributed by atoms with Gasteiger partial charge in [0.2, 0.25) is 0 Å². The Labute approximate surface area is 199 Å². The fourth-order valence-electron chi connectivity index (χ4n) is 9.78. The molecule has 5 nitrogen and oxygen atoms in total. The second kappa shape index (κ2) is 8.68. The molecule has 4 fully saturated rings. The number of methoxy groups -OCH3 is 1. The Morgan fingerprint density at radius 3 is 2.79 bits per heavy atom. The van der Waals surface area contributed by atoms with Crippen molar-refractivity contribution >= 4 is 0 Å². The highest BCUT2D eigenvalue weighted by Crippen LogP contribution is 2.68. The topological polar surface area (TPSA) is 71.1 Å². The van der Waals surface area contributed by atoms with E-state index in [1.807, 2.05) is 18.0 Å². The Hall–Kier alpha value is -1.38. The average molecular weight is 454 g/mol. The third-order valence-corrected chi connectivity index (χ3v) is 11.1. The van der Waals surface area contributed by atoms with Crippen LogP contribution in [0, 0.1) is 63.6 Å². The van der Waals surface area contributed by atoms with Gasteiger partial charge in [0.15, 0.2) is 0 Å². The van der Waals surface area contributed by atoms with Crippen molar-refractivity contribution in [1.29, 1.82) is 5.26 Å². The van der Waals surface area contributed by atoms with Gasteiger partial charge in [0.1, 0.15) is 6.07 Å². The van der Waals surface area contributed by atoms with Gasteiger partial charge < -0.3 is 9.84 Å². The molecule has 10 atom stereocenters. The van der Waals surface area contributed by atoms with Gasteiger partial charge in [-0.15, -0.1) is 0 Å². The van der Waals surface area contributed by atoms with Crippen molar-refractivity contribution in [3.05, 3.63) is 18.0 Å². The highest BCUT2D eigenvalue weighted by Gasteiger charge is 2.63. The second-order valence-corrected chi connectivity index (χ2v) is 12.7. The third kappa shape index (κ3) is 3.76. The van der Waals surface area contributed by atoms with Crippen LogP contribution in [0.3, 0.4) is 0 Å². The maximum atomic E-state index is 11.7. The maximum Gasteiger partial charge on any atom is 0.102 e. The molecule has 0 bridgehead atoms. The van der Waals surface area contributed by atoms with Crippen molar-refractivity contribution in [3.63, 3.8) is 0 Å². The Morgan fingerprint density at radius 2 is 2.06 bits per heavy atom. The summed E-state index contributed by atoms with van der Waals surface area (Å²) in [5, 5.41) is 25.3. The van der Waals surface area contributed by atoms with E-state index in [1.165, 1.54) is 44.9 Å². The summed E-state index contributed by atoms with van der Waals surface area (Å²) < 4.78 is 7.46. The van der Waals surface area contributed by atoms with Crippen LogP contribution in [-0.4, -0.2) is 34.7 Å². The van der Waals surface area contributed by atoms with Crippen LogP contribution in [0.2, 0.25) is 0 Å². The summed E-state index contributed by atoms with van der Waals surface area (Å²) in [6.07, 6.45) is 13.3. The Morgan fingerprint density at radius 1 is 1.24 bits per heavy atom. The summed E-state index contributed by atoms with van der Waals surface area (Å²) in [6, 6.07) is 2.19. The standard InChI is InChI=1S/C28H43N3O2/c1-18(15-31-16-20(13-29)14-30-31)23-7-8-24-22-6-5-21-11-19(17-33-4)9-10-27(21,2)26(22)25(32)12-28(23,24)3/h14,16,18-19,21-26,32H,5-12,15,17H2,1-4H3/t18-,19-,21+,22-,23?,24?,25-,26?,27-,28+/m0/s1. The Kier molecular flexibility index (Phi) is 6.15. The van der Waals surface area contributed by atoms with Gasteiger partial charge in [0.25, 0.3) is 0 Å². The molecule has 4 saturated carbocycles. The molecule has 1 aromatic rings. The number of nitriles is 1. The van der Waals surface area contributed by atoms with E-state index in [9.17, 15) is 5.11 Å². The zero-order chi connectivity index (χ0) is 23.4. The summed E-state index contributed by atoms with van der Waals surface area (Å²) in [7, 11) is 1.84. The molecule has 4 aliphatic carbocycles. The van der Waals surface area contributed by atoms with Crippen LogP contribution in [0.4, 0.5) is 0 Å². The summed E-state index contributed by atoms with van der Waals surface area (Å²) in [5.74, 6) is 4.43. The van der Waals surface area contributed by atoms with Crippen molar-refractivity contribution in [2.75, 3.05) is 13.7 Å². The molecule has 4 aliphatic rings. The number of hydrogen-bond acceptors (Lipinski definition) is 4. The first-order valence-corrected chi connectivity index (χ1v) is 13.4. The largest absolute Gasteiger partial charge is 0.393 e. The van der Waals surface area contributed by atoms with Gasteiger partial charge in [-0.25, -0.2) is 0 Å². The SMILES string of the molecule is COC[C@H]1CC[C@]2(C)C3[C@@H](CC[C@@H]2C1)C1CCC([C@@H](C)Cn2cc(C#N)cn2)[C@@]1(C)C[C@@H]3O. The van der Waals surface area contributed by atoms with Crippen LogP contribution < -0.4 is 0 Å². The maximum absolute atomic E-state index is 11.7. The molecule has 3 unspecified atom stereocenters. The molecule has 0 aliphatic heterocycles. The zero-order valence-electron chi connectivity index (χ0n) is 21.0. The number of rotatable bonds is 5. The number of hydrogen-bond donors (Lipinski definition) is 1. The van der Waals surface area contributed by atoms with Crippen LogP contribution >= 0.6 is 0 Å². The molecule has 5 heteroatoms. The van der Waals surface area contributed by atoms with E-state index in [0.29, 0.717) is 40.6 Å². The van der Waals surface area contributed by atoms with Gasteiger partial charge in [-0.05, 0) is 104 Å². The highest BCUT2D eigenvalue weighted by molar-refractivity contribution is 5.21. The molecular formula is C28H43N3O2. The first-order chi connectivity index (χ1) is 15.8. The minimum Gasteiger partial charge on any atom is -0.393 e. The quantitative estimate of drug-likeness (QED) is 0.658. The van der Waals surface area contributed by atoms with E-state index < -0.39 is 0 Å². The number of ether oxygens (including phenoxy) is 1.